The second-order valence-electron chi connectivity index (χ2n) is 4.15. The zero-order valence-electron chi connectivity index (χ0n) is 9.74. The largest absolute Gasteiger partial charge is 0.329 e. The van der Waals surface area contributed by atoms with E-state index in [2.05, 4.69) is 29.9 Å². The van der Waals surface area contributed by atoms with Crippen molar-refractivity contribution in [2.24, 2.45) is 0 Å². The van der Waals surface area contributed by atoms with Crippen LogP contribution in [0.4, 0.5) is 0 Å². The lowest BCUT2D eigenvalue weighted by Gasteiger charge is -2.00. The Morgan fingerprint density at radius 3 is 2.94 bits per heavy atom. The highest BCUT2D eigenvalue weighted by molar-refractivity contribution is 7.71. The van der Waals surface area contributed by atoms with Crippen LogP contribution in [0.25, 0.3) is 11.2 Å². The number of H-pyrrole nitrogens is 1. The molecule has 0 aromatic carbocycles. The summed E-state index contributed by atoms with van der Waals surface area (Å²) in [6.45, 7) is 6.92. The van der Waals surface area contributed by atoms with Crippen LogP contribution < -0.4 is 0 Å². The van der Waals surface area contributed by atoms with Crippen LogP contribution in [0.15, 0.2) is 23.8 Å². The lowest BCUT2D eigenvalue weighted by atomic mass is 10.3. The molecule has 0 saturated carbocycles. The predicted molar refractivity (Wildman–Crippen MR) is 69.1 cm³/mol. The van der Waals surface area contributed by atoms with E-state index in [1.165, 1.54) is 5.57 Å². The quantitative estimate of drug-likeness (QED) is 0.637. The van der Waals surface area contributed by atoms with E-state index in [0.29, 0.717) is 0 Å². The fourth-order valence-corrected chi connectivity index (χ4v) is 1.84. The Morgan fingerprint density at radius 1 is 1.50 bits per heavy atom. The number of aryl methyl sites for hydroxylation is 1. The van der Waals surface area contributed by atoms with Gasteiger partial charge in [0.2, 0.25) is 0 Å². The fraction of sp³-hybridized carbons (Fsp3) is 0.333. The number of pyridine rings is 1. The molecule has 2 heterocycles. The molecule has 16 heavy (non-hydrogen) atoms. The van der Waals surface area contributed by atoms with E-state index in [-0.39, 0.29) is 0 Å². The molecule has 4 heteroatoms. The third-order valence-electron chi connectivity index (χ3n) is 2.44. The molecule has 0 unspecified atom stereocenters. The van der Waals surface area contributed by atoms with Crippen LogP contribution in [0.2, 0.25) is 0 Å². The van der Waals surface area contributed by atoms with E-state index in [4.69, 9.17) is 12.2 Å². The Labute approximate surface area is 99.8 Å². The van der Waals surface area contributed by atoms with Crippen LogP contribution >= 0.6 is 12.2 Å². The minimum atomic E-state index is 0.727. The van der Waals surface area contributed by atoms with Gasteiger partial charge in [-0.05, 0) is 45.1 Å². The summed E-state index contributed by atoms with van der Waals surface area (Å²) < 4.78 is 2.75. The van der Waals surface area contributed by atoms with Gasteiger partial charge < -0.3 is 4.98 Å². The molecule has 2 rings (SSSR count). The number of nitrogens with one attached hydrogen (secondary N) is 1. The highest BCUT2D eigenvalue weighted by Gasteiger charge is 2.04. The van der Waals surface area contributed by atoms with Gasteiger partial charge in [-0.25, -0.2) is 4.98 Å². The topological polar surface area (TPSA) is 33.6 Å². The molecule has 0 bridgehead atoms. The van der Waals surface area contributed by atoms with Crippen LogP contribution in [-0.4, -0.2) is 14.5 Å². The number of aromatic amines is 1. The smallest absolute Gasteiger partial charge is 0.179 e. The van der Waals surface area contributed by atoms with Crippen LogP contribution in [0, 0.1) is 11.7 Å². The molecule has 0 atom stereocenters. The third-order valence-corrected chi connectivity index (χ3v) is 2.76. The maximum Gasteiger partial charge on any atom is 0.179 e. The fourth-order valence-electron chi connectivity index (χ4n) is 1.57. The molecule has 0 radical (unpaired) electrons. The van der Waals surface area contributed by atoms with Crippen LogP contribution in [0.5, 0.6) is 0 Å². The Kier molecular flexibility index (Phi) is 2.92. The van der Waals surface area contributed by atoms with Crippen molar-refractivity contribution in [2.75, 3.05) is 0 Å². The van der Waals surface area contributed by atoms with E-state index < -0.39 is 0 Å². The minimum Gasteiger partial charge on any atom is -0.329 e. The van der Waals surface area contributed by atoms with Crippen molar-refractivity contribution in [3.63, 3.8) is 0 Å². The average molecular weight is 233 g/mol. The van der Waals surface area contributed by atoms with Crippen molar-refractivity contribution in [3.8, 4) is 0 Å². The Bertz CT molecular complexity index is 600. The number of fused-ring (bicyclic) bond motifs is 1. The first-order valence-corrected chi connectivity index (χ1v) is 5.68. The molecule has 3 nitrogen and oxygen atoms in total. The number of hydrogen-bond acceptors (Lipinski definition) is 2. The first-order chi connectivity index (χ1) is 7.58. The minimum absolute atomic E-state index is 0.727. The molecular formula is C12H15N3S. The standard InChI is InChI=1S/C12H15N3S/c1-8(2)6-7-15-11-10(14-12(15)16)5-4-9(3)13-11/h4-6H,7H2,1-3H3,(H,14,16). The van der Waals surface area contributed by atoms with Crippen LogP contribution in [0.3, 0.4) is 0 Å². The number of allylic oxidation sites excluding steroid dienone is 2. The molecule has 0 amide bonds. The number of rotatable bonds is 2. The van der Waals surface area contributed by atoms with Crippen molar-refractivity contribution in [2.45, 2.75) is 27.3 Å². The number of imidazole rings is 1. The lowest BCUT2D eigenvalue weighted by molar-refractivity contribution is 0.816. The van der Waals surface area contributed by atoms with Gasteiger partial charge in [-0.3, -0.25) is 4.57 Å². The van der Waals surface area contributed by atoms with E-state index >= 15 is 0 Å². The molecule has 84 valence electrons. The van der Waals surface area contributed by atoms with E-state index in [9.17, 15) is 0 Å². The molecule has 0 aliphatic heterocycles. The van der Waals surface area contributed by atoms with Crippen molar-refractivity contribution in [1.82, 2.24) is 14.5 Å². The van der Waals surface area contributed by atoms with E-state index in [1.807, 2.05) is 23.6 Å². The predicted octanol–water partition coefficient (Wildman–Crippen LogP) is 3.37. The summed E-state index contributed by atoms with van der Waals surface area (Å²) in [7, 11) is 0. The van der Waals surface area contributed by atoms with Gasteiger partial charge in [-0.2, -0.15) is 0 Å². The molecule has 0 fully saturated rings. The molecule has 0 saturated heterocycles. The van der Waals surface area contributed by atoms with Crippen molar-refractivity contribution >= 4 is 23.4 Å². The highest BCUT2D eigenvalue weighted by Crippen LogP contribution is 2.12. The normalized spacial score (nSPS) is 10.7. The molecule has 0 spiro atoms. The maximum absolute atomic E-state index is 5.29. The van der Waals surface area contributed by atoms with Gasteiger partial charge in [0.05, 0.1) is 5.52 Å². The van der Waals surface area contributed by atoms with Gasteiger partial charge in [0.1, 0.15) is 0 Å². The van der Waals surface area contributed by atoms with E-state index in [1.54, 1.807) is 0 Å². The maximum atomic E-state index is 5.29. The summed E-state index contributed by atoms with van der Waals surface area (Å²) >= 11 is 5.29. The first-order valence-electron chi connectivity index (χ1n) is 5.27. The van der Waals surface area contributed by atoms with Gasteiger partial charge in [0.25, 0.3) is 0 Å². The number of aromatic nitrogens is 3. The molecular weight excluding hydrogens is 218 g/mol. The Morgan fingerprint density at radius 2 is 2.25 bits per heavy atom. The van der Waals surface area contributed by atoms with E-state index in [0.717, 1.165) is 28.2 Å². The summed E-state index contributed by atoms with van der Waals surface area (Å²) in [6.07, 6.45) is 2.15. The van der Waals surface area contributed by atoms with Gasteiger partial charge in [0.15, 0.2) is 10.4 Å². The third kappa shape index (κ3) is 2.07. The molecule has 0 aliphatic carbocycles. The second-order valence-corrected chi connectivity index (χ2v) is 4.53. The van der Waals surface area contributed by atoms with Gasteiger partial charge in [-0.1, -0.05) is 11.6 Å². The number of hydrogen-bond donors (Lipinski definition) is 1. The lowest BCUT2D eigenvalue weighted by Crippen LogP contribution is -1.97. The highest BCUT2D eigenvalue weighted by atomic mass is 32.1. The summed E-state index contributed by atoms with van der Waals surface area (Å²) in [5.74, 6) is 0. The molecule has 1 N–H and O–H groups in total. The summed E-state index contributed by atoms with van der Waals surface area (Å²) in [5, 5.41) is 0. The Balaban J connectivity index is 2.59. The summed E-state index contributed by atoms with van der Waals surface area (Å²) in [6, 6.07) is 4.01. The van der Waals surface area contributed by atoms with Crippen molar-refractivity contribution < 1.29 is 0 Å². The average Bonchev–Trinajstić information content (AvgIpc) is 2.51. The van der Waals surface area contributed by atoms with Crippen molar-refractivity contribution in [1.29, 1.82) is 0 Å². The second kappa shape index (κ2) is 4.22. The van der Waals surface area contributed by atoms with Crippen molar-refractivity contribution in [3.05, 3.63) is 34.2 Å². The first kappa shape index (κ1) is 11.1. The Hall–Kier alpha value is -1.42. The molecule has 2 aromatic rings. The molecule has 2 aromatic heterocycles. The zero-order chi connectivity index (χ0) is 11.7. The SMILES string of the molecule is CC(C)=CCn1c(=S)[nH]c2ccc(C)nc21. The molecule has 0 aliphatic rings. The summed E-state index contributed by atoms with van der Waals surface area (Å²) in [4.78, 5) is 7.67. The zero-order valence-corrected chi connectivity index (χ0v) is 10.6. The van der Waals surface area contributed by atoms with Gasteiger partial charge in [-0.15, -0.1) is 0 Å². The van der Waals surface area contributed by atoms with Gasteiger partial charge in [0, 0.05) is 12.2 Å². The van der Waals surface area contributed by atoms with Crippen LogP contribution in [-0.2, 0) is 6.54 Å². The monoisotopic (exact) mass is 233 g/mol. The summed E-state index contributed by atoms with van der Waals surface area (Å²) in [5.41, 5.74) is 4.22. The number of nitrogens with zero attached hydrogens (tertiary/aromatic N) is 2. The van der Waals surface area contributed by atoms with Gasteiger partial charge >= 0.3 is 0 Å². The van der Waals surface area contributed by atoms with Crippen LogP contribution in [0.1, 0.15) is 19.5 Å².